The molecule has 0 saturated heterocycles. The largest absolute Gasteiger partial charge is 0.465 e. The number of aromatic nitrogens is 5. The van der Waals surface area contributed by atoms with Crippen molar-refractivity contribution in [3.05, 3.63) is 101 Å². The summed E-state index contributed by atoms with van der Waals surface area (Å²) in [5.74, 6) is 3.71. The van der Waals surface area contributed by atoms with Gasteiger partial charge in [0, 0.05) is 51.4 Å². The normalized spacial score (nSPS) is 11.5. The predicted octanol–water partition coefficient (Wildman–Crippen LogP) is 8.06. The first-order chi connectivity index (χ1) is 27.5. The second kappa shape index (κ2) is 17.9. The molecule has 11 nitrogen and oxygen atoms in total. The summed E-state index contributed by atoms with van der Waals surface area (Å²) in [6, 6.07) is 9.30. The van der Waals surface area contributed by atoms with Crippen molar-refractivity contribution < 1.29 is 54.9 Å². The fourth-order valence-electron chi connectivity index (χ4n) is 6.22. The number of fused-ring (bicyclic) bond motifs is 2. The zero-order valence-corrected chi connectivity index (χ0v) is 32.1. The van der Waals surface area contributed by atoms with Crippen LogP contribution in [-0.2, 0) is 51.8 Å². The van der Waals surface area contributed by atoms with Gasteiger partial charge < -0.3 is 28.1 Å². The van der Waals surface area contributed by atoms with Crippen molar-refractivity contribution >= 4 is 33.6 Å². The number of esters is 2. The lowest BCUT2D eigenvalue weighted by molar-refractivity contribution is -0.138. The van der Waals surface area contributed by atoms with Crippen LogP contribution in [0, 0.1) is 11.8 Å². The number of halogens is 6. The molecule has 0 atom stereocenters. The lowest BCUT2D eigenvalue weighted by Crippen LogP contribution is -2.12. The molecule has 0 N–H and O–H groups in total. The summed E-state index contributed by atoms with van der Waals surface area (Å²) in [6.45, 7) is 0.315. The highest BCUT2D eigenvalue weighted by molar-refractivity contribution is 6.07. The Balaban J connectivity index is 0.000000221. The van der Waals surface area contributed by atoms with Crippen LogP contribution in [0.25, 0.3) is 44.3 Å². The number of aryl methyl sites for hydroxylation is 3. The molecule has 3 heterocycles. The molecular weight excluding hydrogens is 772 g/mol. The van der Waals surface area contributed by atoms with Gasteiger partial charge in [0.1, 0.15) is 6.61 Å². The number of imidazole rings is 2. The number of hydrogen-bond acceptors (Lipinski definition) is 9. The van der Waals surface area contributed by atoms with Gasteiger partial charge in [-0.15, -0.1) is 0 Å². The van der Waals surface area contributed by atoms with Gasteiger partial charge in [-0.1, -0.05) is 11.8 Å². The van der Waals surface area contributed by atoms with E-state index in [0.29, 0.717) is 46.4 Å². The van der Waals surface area contributed by atoms with Crippen LogP contribution in [0.3, 0.4) is 0 Å². The molecule has 6 rings (SSSR count). The molecule has 0 amide bonds. The van der Waals surface area contributed by atoms with Gasteiger partial charge in [-0.05, 0) is 71.6 Å². The Bertz CT molecular complexity index is 2530. The number of nitrogens with zero attached hydrogens (tertiary/aromatic N) is 5. The number of carbonyl (C=O) groups excluding carboxylic acids is 2. The van der Waals surface area contributed by atoms with Crippen LogP contribution >= 0.6 is 0 Å². The van der Waals surface area contributed by atoms with E-state index in [1.165, 1.54) is 52.8 Å². The molecule has 0 bridgehead atoms. The van der Waals surface area contributed by atoms with E-state index in [9.17, 15) is 35.9 Å². The van der Waals surface area contributed by atoms with Crippen LogP contribution in [0.4, 0.5) is 26.3 Å². The summed E-state index contributed by atoms with van der Waals surface area (Å²) in [6.07, 6.45) is -2.39. The Kier molecular flexibility index (Phi) is 13.2. The van der Waals surface area contributed by atoms with E-state index >= 15 is 0 Å². The molecule has 0 fully saturated rings. The first kappa shape index (κ1) is 42.9. The van der Waals surface area contributed by atoms with Crippen LogP contribution < -0.4 is 0 Å². The van der Waals surface area contributed by atoms with Crippen LogP contribution in [0.5, 0.6) is 0 Å². The number of benzene rings is 3. The summed E-state index contributed by atoms with van der Waals surface area (Å²) < 4.78 is 105. The Labute approximate surface area is 328 Å². The number of methoxy groups -OCH3 is 4. The molecule has 0 saturated carbocycles. The average molecular weight is 810 g/mol. The van der Waals surface area contributed by atoms with Crippen molar-refractivity contribution in [1.82, 2.24) is 24.1 Å². The molecule has 0 aliphatic rings. The molecule has 0 radical (unpaired) electrons. The smallest absolute Gasteiger partial charge is 0.417 e. The van der Waals surface area contributed by atoms with Gasteiger partial charge in [-0.25, -0.2) is 24.5 Å². The SMILES string of the molecule is COCC#Cc1cc2c(C(=O)OC)cc(-c3cncn3C)cc2cc1C(F)(F)F.COCCCc1cc2c(C(=O)OC)cc(-c3cncn3C)nc2cc1C(F)(F)F. The van der Waals surface area contributed by atoms with Crippen molar-refractivity contribution in [3.8, 4) is 34.5 Å². The van der Waals surface area contributed by atoms with E-state index in [0.717, 1.165) is 12.1 Å². The number of carbonyl (C=O) groups is 2. The molecule has 0 unspecified atom stereocenters. The van der Waals surface area contributed by atoms with E-state index in [4.69, 9.17) is 18.9 Å². The van der Waals surface area contributed by atoms with Crippen molar-refractivity contribution in [2.45, 2.75) is 25.2 Å². The van der Waals surface area contributed by atoms with Gasteiger partial charge >= 0.3 is 24.3 Å². The summed E-state index contributed by atoms with van der Waals surface area (Å²) in [5, 5.41) is 0.870. The quantitative estimate of drug-likeness (QED) is 0.0619. The maximum atomic E-state index is 13.7. The predicted molar refractivity (Wildman–Crippen MR) is 202 cm³/mol. The van der Waals surface area contributed by atoms with E-state index in [2.05, 4.69) is 26.8 Å². The summed E-state index contributed by atoms with van der Waals surface area (Å²) in [7, 11) is 8.81. The Hall–Kier alpha value is -6.25. The first-order valence-electron chi connectivity index (χ1n) is 17.3. The van der Waals surface area contributed by atoms with Crippen molar-refractivity contribution in [1.29, 1.82) is 0 Å². The molecule has 304 valence electrons. The fourth-order valence-corrected chi connectivity index (χ4v) is 6.22. The molecule has 0 aliphatic carbocycles. The number of pyridine rings is 1. The monoisotopic (exact) mass is 809 g/mol. The van der Waals surface area contributed by atoms with Crippen molar-refractivity contribution in [3.63, 3.8) is 0 Å². The molecule has 0 aliphatic heterocycles. The number of rotatable bonds is 9. The summed E-state index contributed by atoms with van der Waals surface area (Å²) in [5.41, 5.74) is 0.639. The van der Waals surface area contributed by atoms with Gasteiger partial charge in [0.05, 0.1) is 84.1 Å². The minimum absolute atomic E-state index is 0.0153. The zero-order valence-electron chi connectivity index (χ0n) is 32.1. The summed E-state index contributed by atoms with van der Waals surface area (Å²) >= 11 is 0. The van der Waals surface area contributed by atoms with E-state index in [1.54, 1.807) is 54.2 Å². The standard InChI is InChI=1S/C21H17F3N2O3.C20H20F3N3O3/c1-26-12-25-11-19(26)15-7-14-10-18(21(22,23)24)13(5-4-6-28-2)8-16(14)17(9-15)20(27)29-3;1-26-11-24-10-18(26)17-8-14(19(27)29-3)13-7-12(5-4-6-28-2)15(20(21,22)23)9-16(13)25-17/h7-12H,6H2,1-3H3;7-11H,4-6H2,1-3H3. The van der Waals surface area contributed by atoms with Gasteiger partial charge in [-0.2, -0.15) is 26.3 Å². The van der Waals surface area contributed by atoms with Crippen molar-refractivity contribution in [2.24, 2.45) is 14.1 Å². The van der Waals surface area contributed by atoms with Gasteiger partial charge in [0.2, 0.25) is 0 Å². The molecule has 3 aromatic heterocycles. The van der Waals surface area contributed by atoms with E-state index < -0.39 is 35.4 Å². The molecule has 17 heteroatoms. The molecule has 3 aromatic carbocycles. The highest BCUT2D eigenvalue weighted by Gasteiger charge is 2.35. The fraction of sp³-hybridized carbons (Fsp3) is 0.293. The molecule has 58 heavy (non-hydrogen) atoms. The van der Waals surface area contributed by atoms with Crippen LogP contribution in [0.2, 0.25) is 0 Å². The number of hydrogen-bond donors (Lipinski definition) is 0. The van der Waals surface area contributed by atoms with Crippen LogP contribution in [0.15, 0.2) is 67.5 Å². The Morgan fingerprint density at radius 2 is 1.34 bits per heavy atom. The Morgan fingerprint density at radius 3 is 1.90 bits per heavy atom. The second-order valence-corrected chi connectivity index (χ2v) is 12.8. The molecule has 0 spiro atoms. The van der Waals surface area contributed by atoms with Gasteiger partial charge in [-0.3, -0.25) is 0 Å². The third-order valence-electron chi connectivity index (χ3n) is 8.97. The maximum absolute atomic E-state index is 13.7. The average Bonchev–Trinajstić information content (AvgIpc) is 3.83. The van der Waals surface area contributed by atoms with E-state index in [1.807, 2.05) is 0 Å². The van der Waals surface area contributed by atoms with Gasteiger partial charge in [0.15, 0.2) is 0 Å². The van der Waals surface area contributed by atoms with Crippen molar-refractivity contribution in [2.75, 3.05) is 41.7 Å². The maximum Gasteiger partial charge on any atom is 0.417 e. The number of alkyl halides is 6. The topological polar surface area (TPSA) is 120 Å². The highest BCUT2D eigenvalue weighted by atomic mass is 19.4. The Morgan fingerprint density at radius 1 is 0.724 bits per heavy atom. The van der Waals surface area contributed by atoms with Crippen LogP contribution in [-0.4, -0.2) is 77.7 Å². The molecular formula is C41H37F6N5O6. The molecule has 6 aromatic rings. The summed E-state index contributed by atoms with van der Waals surface area (Å²) in [4.78, 5) is 37.1. The lowest BCUT2D eigenvalue weighted by atomic mass is 9.94. The zero-order chi connectivity index (χ0) is 42.4. The third-order valence-corrected chi connectivity index (χ3v) is 8.97. The van der Waals surface area contributed by atoms with E-state index in [-0.39, 0.29) is 46.2 Å². The minimum Gasteiger partial charge on any atom is -0.465 e. The number of ether oxygens (including phenoxy) is 4. The highest BCUT2D eigenvalue weighted by Crippen LogP contribution is 2.38. The first-order valence-corrected chi connectivity index (χ1v) is 17.3. The lowest BCUT2D eigenvalue weighted by Gasteiger charge is -2.16. The minimum atomic E-state index is -4.61. The third kappa shape index (κ3) is 9.47. The van der Waals surface area contributed by atoms with Crippen LogP contribution in [0.1, 0.15) is 49.4 Å². The van der Waals surface area contributed by atoms with Gasteiger partial charge in [0.25, 0.3) is 0 Å². The second-order valence-electron chi connectivity index (χ2n) is 12.8.